The molecule has 0 atom stereocenters. The van der Waals surface area contributed by atoms with E-state index in [-0.39, 0.29) is 6.61 Å². The van der Waals surface area contributed by atoms with Gasteiger partial charge < -0.3 is 9.67 Å². The highest BCUT2D eigenvalue weighted by atomic mass is 16.3. The molecule has 2 aromatic rings. The Labute approximate surface area is 115 Å². The van der Waals surface area contributed by atoms with Gasteiger partial charge in [-0.3, -0.25) is 4.90 Å². The Morgan fingerprint density at radius 3 is 2.74 bits per heavy atom. The molecule has 19 heavy (non-hydrogen) atoms. The highest BCUT2D eigenvalue weighted by molar-refractivity contribution is 5.80. The van der Waals surface area contributed by atoms with E-state index >= 15 is 0 Å². The quantitative estimate of drug-likeness (QED) is 0.829. The van der Waals surface area contributed by atoms with Crippen LogP contribution in [-0.4, -0.2) is 34.3 Å². The molecule has 0 radical (unpaired) electrons. The number of rotatable bonds is 7. The number of fused-ring (bicyclic) bond motifs is 1. The number of aliphatic hydroxyl groups is 1. The molecule has 0 saturated heterocycles. The van der Waals surface area contributed by atoms with Gasteiger partial charge in [-0.2, -0.15) is 0 Å². The Hall–Kier alpha value is -1.32. The summed E-state index contributed by atoms with van der Waals surface area (Å²) in [5.74, 6) is 0. The fourth-order valence-corrected chi connectivity index (χ4v) is 2.55. The zero-order chi connectivity index (χ0) is 13.7. The number of nitrogens with zero attached hydrogens (tertiary/aromatic N) is 2. The number of hydrogen-bond acceptors (Lipinski definition) is 2. The Balaban J connectivity index is 2.21. The van der Waals surface area contributed by atoms with E-state index in [2.05, 4.69) is 47.6 Å². The highest BCUT2D eigenvalue weighted by Gasteiger charge is 2.05. The van der Waals surface area contributed by atoms with Crippen LogP contribution >= 0.6 is 0 Å². The molecule has 0 spiro atoms. The summed E-state index contributed by atoms with van der Waals surface area (Å²) in [4.78, 5) is 2.46. The Bertz CT molecular complexity index is 518. The zero-order valence-electron chi connectivity index (χ0n) is 12.0. The van der Waals surface area contributed by atoms with Crippen LogP contribution in [-0.2, 0) is 13.1 Å². The van der Waals surface area contributed by atoms with E-state index < -0.39 is 0 Å². The van der Waals surface area contributed by atoms with E-state index in [0.717, 1.165) is 19.6 Å². The van der Waals surface area contributed by atoms with Crippen LogP contribution in [0, 0.1) is 0 Å². The minimum Gasteiger partial charge on any atom is -0.395 e. The monoisotopic (exact) mass is 260 g/mol. The minimum absolute atomic E-state index is 0.185. The van der Waals surface area contributed by atoms with Crippen LogP contribution < -0.4 is 0 Å². The maximum atomic E-state index is 9.09. The lowest BCUT2D eigenvalue weighted by Crippen LogP contribution is -2.23. The summed E-state index contributed by atoms with van der Waals surface area (Å²) in [5, 5.41) is 10.3. The maximum absolute atomic E-state index is 9.09. The van der Waals surface area contributed by atoms with Crippen LogP contribution in [0.1, 0.15) is 25.8 Å². The third kappa shape index (κ3) is 3.37. The lowest BCUT2D eigenvalue weighted by molar-refractivity contribution is 0.277. The fraction of sp³-hybridized carbons (Fsp3) is 0.500. The van der Waals surface area contributed by atoms with Crippen molar-refractivity contribution >= 4 is 10.9 Å². The average Bonchev–Trinajstić information content (AvgIpc) is 2.81. The molecule has 0 aliphatic carbocycles. The van der Waals surface area contributed by atoms with Gasteiger partial charge in [0, 0.05) is 24.8 Å². The molecule has 0 saturated carbocycles. The van der Waals surface area contributed by atoms with Crippen LogP contribution in [0.4, 0.5) is 0 Å². The third-order valence-corrected chi connectivity index (χ3v) is 3.57. The molecule has 1 N–H and O–H groups in total. The first-order chi connectivity index (χ1) is 9.28. The molecule has 0 aliphatic rings. The van der Waals surface area contributed by atoms with Crippen molar-refractivity contribution in [3.8, 4) is 0 Å². The van der Waals surface area contributed by atoms with Crippen LogP contribution in [0.15, 0.2) is 30.5 Å². The van der Waals surface area contributed by atoms with Crippen molar-refractivity contribution in [1.82, 2.24) is 9.47 Å². The zero-order valence-corrected chi connectivity index (χ0v) is 12.0. The average molecular weight is 260 g/mol. The van der Waals surface area contributed by atoms with Gasteiger partial charge in [-0.15, -0.1) is 0 Å². The molecular weight excluding hydrogens is 236 g/mol. The van der Waals surface area contributed by atoms with Crippen LogP contribution in [0.3, 0.4) is 0 Å². The molecule has 0 bridgehead atoms. The van der Waals surface area contributed by atoms with E-state index in [9.17, 15) is 0 Å². The van der Waals surface area contributed by atoms with Crippen molar-refractivity contribution in [2.45, 2.75) is 33.4 Å². The maximum Gasteiger partial charge on any atom is 0.0610 e. The molecule has 0 aliphatic heterocycles. The molecular formula is C16H24N2O. The van der Waals surface area contributed by atoms with Crippen molar-refractivity contribution in [3.63, 3.8) is 0 Å². The lowest BCUT2D eigenvalue weighted by Gasteiger charge is -2.19. The second-order valence-electron chi connectivity index (χ2n) is 4.99. The third-order valence-electron chi connectivity index (χ3n) is 3.57. The van der Waals surface area contributed by atoms with E-state index in [1.807, 2.05) is 6.20 Å². The van der Waals surface area contributed by atoms with Crippen molar-refractivity contribution < 1.29 is 5.11 Å². The summed E-state index contributed by atoms with van der Waals surface area (Å²) in [7, 11) is 0. The van der Waals surface area contributed by atoms with Gasteiger partial charge in [-0.05, 0) is 42.6 Å². The fourth-order valence-electron chi connectivity index (χ4n) is 2.55. The normalized spacial score (nSPS) is 11.6. The summed E-state index contributed by atoms with van der Waals surface area (Å²) in [6, 6.07) is 8.75. The molecule has 2 rings (SSSR count). The first kappa shape index (κ1) is 14.1. The lowest BCUT2D eigenvalue weighted by atomic mass is 10.1. The Morgan fingerprint density at radius 2 is 2.05 bits per heavy atom. The van der Waals surface area contributed by atoms with E-state index in [1.165, 1.54) is 22.9 Å². The van der Waals surface area contributed by atoms with E-state index in [1.54, 1.807) is 0 Å². The minimum atomic E-state index is 0.185. The molecule has 1 aromatic heterocycles. The predicted octanol–water partition coefficient (Wildman–Crippen LogP) is 2.87. The van der Waals surface area contributed by atoms with Crippen LogP contribution in [0.25, 0.3) is 10.9 Å². The van der Waals surface area contributed by atoms with Gasteiger partial charge >= 0.3 is 0 Å². The SMILES string of the molecule is CCCN(CC)Cc1ccc2ccn(CCO)c2c1. The molecule has 104 valence electrons. The summed E-state index contributed by atoms with van der Waals surface area (Å²) in [5.41, 5.74) is 2.57. The second kappa shape index (κ2) is 6.73. The Kier molecular flexibility index (Phi) is 5.00. The van der Waals surface area contributed by atoms with Crippen molar-refractivity contribution in [2.24, 2.45) is 0 Å². The smallest absolute Gasteiger partial charge is 0.0610 e. The molecule has 0 unspecified atom stereocenters. The van der Waals surface area contributed by atoms with Crippen molar-refractivity contribution in [3.05, 3.63) is 36.0 Å². The van der Waals surface area contributed by atoms with Crippen LogP contribution in [0.5, 0.6) is 0 Å². The highest BCUT2D eigenvalue weighted by Crippen LogP contribution is 2.18. The summed E-state index contributed by atoms with van der Waals surface area (Å²) in [6.07, 6.45) is 3.24. The summed E-state index contributed by atoms with van der Waals surface area (Å²) in [6.45, 7) is 8.52. The molecule has 3 heteroatoms. The number of benzene rings is 1. The summed E-state index contributed by atoms with van der Waals surface area (Å²) < 4.78 is 2.12. The van der Waals surface area contributed by atoms with Gasteiger partial charge in [-0.1, -0.05) is 26.0 Å². The van der Waals surface area contributed by atoms with Crippen molar-refractivity contribution in [2.75, 3.05) is 19.7 Å². The number of aromatic nitrogens is 1. The first-order valence-electron chi connectivity index (χ1n) is 7.19. The van der Waals surface area contributed by atoms with Crippen molar-refractivity contribution in [1.29, 1.82) is 0 Å². The largest absolute Gasteiger partial charge is 0.395 e. The van der Waals surface area contributed by atoms with Gasteiger partial charge in [0.1, 0.15) is 0 Å². The number of hydrogen-bond donors (Lipinski definition) is 1. The van der Waals surface area contributed by atoms with Gasteiger partial charge in [-0.25, -0.2) is 0 Å². The molecule has 0 amide bonds. The Morgan fingerprint density at radius 1 is 1.21 bits per heavy atom. The van der Waals surface area contributed by atoms with Gasteiger partial charge in [0.25, 0.3) is 0 Å². The van der Waals surface area contributed by atoms with E-state index in [4.69, 9.17) is 5.11 Å². The molecule has 1 heterocycles. The van der Waals surface area contributed by atoms with Gasteiger partial charge in [0.05, 0.1) is 6.61 Å². The topological polar surface area (TPSA) is 28.4 Å². The summed E-state index contributed by atoms with van der Waals surface area (Å²) >= 11 is 0. The standard InChI is InChI=1S/C16H24N2O/c1-3-8-17(4-2)13-14-5-6-15-7-9-18(10-11-19)16(15)12-14/h5-7,9,12,19H,3-4,8,10-11,13H2,1-2H3. The molecule has 3 nitrogen and oxygen atoms in total. The second-order valence-corrected chi connectivity index (χ2v) is 4.99. The van der Waals surface area contributed by atoms with Crippen LogP contribution in [0.2, 0.25) is 0 Å². The predicted molar refractivity (Wildman–Crippen MR) is 80.3 cm³/mol. The molecule has 1 aromatic carbocycles. The van der Waals surface area contributed by atoms with Gasteiger partial charge in [0.15, 0.2) is 0 Å². The number of aliphatic hydroxyl groups excluding tert-OH is 1. The van der Waals surface area contributed by atoms with Gasteiger partial charge in [0.2, 0.25) is 0 Å². The van der Waals surface area contributed by atoms with E-state index in [0.29, 0.717) is 6.54 Å². The first-order valence-corrected chi connectivity index (χ1v) is 7.19. The molecule has 0 fully saturated rings.